The second kappa shape index (κ2) is 7.53. The molecule has 6 heteroatoms. The van der Waals surface area contributed by atoms with E-state index >= 15 is 0 Å². The normalized spacial score (nSPS) is 12.1. The third kappa shape index (κ3) is 4.28. The van der Waals surface area contributed by atoms with Crippen LogP contribution >= 0.6 is 11.3 Å². The van der Waals surface area contributed by atoms with Crippen LogP contribution in [-0.2, 0) is 16.0 Å². The van der Waals surface area contributed by atoms with Crippen molar-refractivity contribution in [1.82, 2.24) is 4.98 Å². The number of carbonyl (C=O) groups is 2. The highest BCUT2D eigenvalue weighted by Gasteiger charge is 2.19. The number of hydrogen-bond acceptors (Lipinski definition) is 5. The van der Waals surface area contributed by atoms with E-state index in [0.29, 0.717) is 12.0 Å². The number of benzene rings is 2. The molecular formula is C19H16FNO3S. The minimum Gasteiger partial charge on any atom is -0.454 e. The molecule has 1 aromatic heterocycles. The average Bonchev–Trinajstić information content (AvgIpc) is 3.03. The van der Waals surface area contributed by atoms with Crippen molar-refractivity contribution in [3.8, 4) is 0 Å². The first-order chi connectivity index (χ1) is 12.0. The number of esters is 1. The fourth-order valence-electron chi connectivity index (χ4n) is 2.39. The Labute approximate surface area is 148 Å². The zero-order valence-corrected chi connectivity index (χ0v) is 14.4. The van der Waals surface area contributed by atoms with E-state index in [1.165, 1.54) is 31.2 Å². The molecule has 0 radical (unpaired) electrons. The molecule has 3 rings (SSSR count). The summed E-state index contributed by atoms with van der Waals surface area (Å²) in [6.45, 7) is 1.52. The molecule has 0 aliphatic heterocycles. The SMILES string of the molecule is C[C@H](OC(=O)CCc1nc2ccccc2s1)C(=O)c1ccc(F)cc1. The minimum absolute atomic E-state index is 0.154. The van der Waals surface area contributed by atoms with Crippen molar-refractivity contribution in [2.24, 2.45) is 0 Å². The Bertz CT molecular complexity index is 871. The molecule has 0 aliphatic rings. The number of aryl methyl sites for hydroxylation is 1. The van der Waals surface area contributed by atoms with Gasteiger partial charge in [0, 0.05) is 12.0 Å². The Kier molecular flexibility index (Phi) is 5.19. The van der Waals surface area contributed by atoms with Crippen molar-refractivity contribution in [3.05, 3.63) is 64.9 Å². The molecule has 0 N–H and O–H groups in total. The molecule has 0 unspecified atom stereocenters. The summed E-state index contributed by atoms with van der Waals surface area (Å²) in [4.78, 5) is 28.6. The van der Waals surface area contributed by atoms with Crippen molar-refractivity contribution in [2.75, 3.05) is 0 Å². The van der Waals surface area contributed by atoms with Crippen LogP contribution < -0.4 is 0 Å². The van der Waals surface area contributed by atoms with Crippen LogP contribution in [0.5, 0.6) is 0 Å². The van der Waals surface area contributed by atoms with Gasteiger partial charge in [0.05, 0.1) is 21.6 Å². The van der Waals surface area contributed by atoms with Crippen molar-refractivity contribution in [1.29, 1.82) is 0 Å². The van der Waals surface area contributed by atoms with E-state index < -0.39 is 17.9 Å². The Morgan fingerprint density at radius 2 is 1.88 bits per heavy atom. The van der Waals surface area contributed by atoms with Crippen LogP contribution in [0.4, 0.5) is 4.39 Å². The fourth-order valence-corrected chi connectivity index (χ4v) is 3.36. The third-order valence-corrected chi connectivity index (χ3v) is 4.78. The summed E-state index contributed by atoms with van der Waals surface area (Å²) < 4.78 is 19.2. The fraction of sp³-hybridized carbons (Fsp3) is 0.211. The van der Waals surface area contributed by atoms with Gasteiger partial charge in [-0.15, -0.1) is 11.3 Å². The monoisotopic (exact) mass is 357 g/mol. The number of hydrogen-bond donors (Lipinski definition) is 0. The highest BCUT2D eigenvalue weighted by atomic mass is 32.1. The number of nitrogens with zero attached hydrogens (tertiary/aromatic N) is 1. The van der Waals surface area contributed by atoms with E-state index in [9.17, 15) is 14.0 Å². The van der Waals surface area contributed by atoms with E-state index in [1.54, 1.807) is 11.3 Å². The number of Topliss-reactive ketones (excluding diaryl/α,β-unsaturated/α-hetero) is 1. The summed E-state index contributed by atoms with van der Waals surface area (Å²) in [6, 6.07) is 12.9. The zero-order valence-electron chi connectivity index (χ0n) is 13.6. The highest BCUT2D eigenvalue weighted by molar-refractivity contribution is 7.18. The summed E-state index contributed by atoms with van der Waals surface area (Å²) in [5, 5.41) is 0.857. The number of thiazole rings is 1. The molecular weight excluding hydrogens is 341 g/mol. The van der Waals surface area contributed by atoms with Gasteiger partial charge in [-0.3, -0.25) is 9.59 Å². The number of fused-ring (bicyclic) bond motifs is 1. The quantitative estimate of drug-likeness (QED) is 0.490. The van der Waals surface area contributed by atoms with Gasteiger partial charge in [0.2, 0.25) is 5.78 Å². The van der Waals surface area contributed by atoms with Crippen molar-refractivity contribution < 1.29 is 18.7 Å². The predicted octanol–water partition coefficient (Wildman–Crippen LogP) is 4.18. The molecule has 3 aromatic rings. The second-order valence-electron chi connectivity index (χ2n) is 5.58. The number of aromatic nitrogens is 1. The van der Waals surface area contributed by atoms with E-state index in [-0.39, 0.29) is 12.2 Å². The zero-order chi connectivity index (χ0) is 17.8. The van der Waals surface area contributed by atoms with Crippen LogP contribution in [0, 0.1) is 5.82 Å². The lowest BCUT2D eigenvalue weighted by Gasteiger charge is -2.12. The molecule has 0 amide bonds. The number of carbonyl (C=O) groups excluding carboxylic acids is 2. The topological polar surface area (TPSA) is 56.3 Å². The summed E-state index contributed by atoms with van der Waals surface area (Å²) in [5.74, 6) is -1.23. The number of rotatable bonds is 6. The minimum atomic E-state index is -0.909. The van der Waals surface area contributed by atoms with Crippen molar-refractivity contribution >= 4 is 33.3 Å². The highest BCUT2D eigenvalue weighted by Crippen LogP contribution is 2.22. The Morgan fingerprint density at radius 3 is 2.60 bits per heavy atom. The van der Waals surface area contributed by atoms with E-state index in [1.807, 2.05) is 24.3 Å². The molecule has 0 saturated carbocycles. The first-order valence-corrected chi connectivity index (χ1v) is 8.68. The maximum atomic E-state index is 12.9. The Hall–Kier alpha value is -2.60. The lowest BCUT2D eigenvalue weighted by Crippen LogP contribution is -2.24. The number of ether oxygens (including phenoxy) is 1. The first kappa shape index (κ1) is 17.2. The summed E-state index contributed by atoms with van der Waals surface area (Å²) in [6.07, 6.45) is -0.287. The van der Waals surface area contributed by atoms with Crippen LogP contribution in [-0.4, -0.2) is 22.8 Å². The van der Waals surface area contributed by atoms with E-state index in [4.69, 9.17) is 4.74 Å². The Morgan fingerprint density at radius 1 is 1.16 bits per heavy atom. The number of ketones is 1. The van der Waals surface area contributed by atoms with E-state index in [2.05, 4.69) is 4.98 Å². The molecule has 4 nitrogen and oxygen atoms in total. The van der Waals surface area contributed by atoms with Crippen molar-refractivity contribution in [2.45, 2.75) is 25.9 Å². The van der Waals surface area contributed by atoms with E-state index in [0.717, 1.165) is 15.2 Å². The molecule has 1 heterocycles. The molecule has 2 aromatic carbocycles. The van der Waals surface area contributed by atoms with Crippen LogP contribution in [0.3, 0.4) is 0 Å². The largest absolute Gasteiger partial charge is 0.454 e. The maximum Gasteiger partial charge on any atom is 0.306 e. The Balaban J connectivity index is 1.54. The number of halogens is 1. The molecule has 0 spiro atoms. The molecule has 0 aliphatic carbocycles. The summed E-state index contributed by atoms with van der Waals surface area (Å²) in [7, 11) is 0. The average molecular weight is 357 g/mol. The smallest absolute Gasteiger partial charge is 0.306 e. The van der Waals surface area contributed by atoms with Gasteiger partial charge in [0.1, 0.15) is 5.82 Å². The van der Waals surface area contributed by atoms with Crippen LogP contribution in [0.25, 0.3) is 10.2 Å². The first-order valence-electron chi connectivity index (χ1n) is 7.86. The third-order valence-electron chi connectivity index (χ3n) is 3.69. The molecule has 0 bridgehead atoms. The maximum absolute atomic E-state index is 12.9. The summed E-state index contributed by atoms with van der Waals surface area (Å²) >= 11 is 1.54. The van der Waals surface area contributed by atoms with Gasteiger partial charge >= 0.3 is 5.97 Å². The van der Waals surface area contributed by atoms with Gasteiger partial charge in [-0.05, 0) is 43.3 Å². The van der Waals surface area contributed by atoms with Gasteiger partial charge in [0.15, 0.2) is 6.10 Å². The van der Waals surface area contributed by atoms with Crippen LogP contribution in [0.2, 0.25) is 0 Å². The standard InChI is InChI=1S/C19H16FNO3S/c1-12(19(23)13-6-8-14(20)9-7-13)24-18(22)11-10-17-21-15-4-2-3-5-16(15)25-17/h2-9,12H,10-11H2,1H3/t12-/m0/s1. The van der Waals surface area contributed by atoms with Crippen LogP contribution in [0.15, 0.2) is 48.5 Å². The predicted molar refractivity (Wildman–Crippen MR) is 94.2 cm³/mol. The van der Waals surface area contributed by atoms with Gasteiger partial charge in [-0.25, -0.2) is 9.37 Å². The molecule has 128 valence electrons. The van der Waals surface area contributed by atoms with Gasteiger partial charge in [0.25, 0.3) is 0 Å². The summed E-state index contributed by atoms with van der Waals surface area (Å²) in [5.41, 5.74) is 1.23. The lowest BCUT2D eigenvalue weighted by atomic mass is 10.1. The lowest BCUT2D eigenvalue weighted by molar-refractivity contribution is -0.146. The second-order valence-corrected chi connectivity index (χ2v) is 6.69. The van der Waals surface area contributed by atoms with Gasteiger partial charge < -0.3 is 4.74 Å². The van der Waals surface area contributed by atoms with Crippen LogP contribution in [0.1, 0.15) is 28.7 Å². The van der Waals surface area contributed by atoms with Gasteiger partial charge in [-0.1, -0.05) is 12.1 Å². The number of para-hydroxylation sites is 1. The molecule has 25 heavy (non-hydrogen) atoms. The molecule has 0 saturated heterocycles. The molecule has 1 atom stereocenters. The van der Waals surface area contributed by atoms with Crippen molar-refractivity contribution in [3.63, 3.8) is 0 Å². The van der Waals surface area contributed by atoms with Gasteiger partial charge in [-0.2, -0.15) is 0 Å². The molecule has 0 fully saturated rings.